The fraction of sp³-hybridized carbons (Fsp3) is 0.294. The van der Waals surface area contributed by atoms with Gasteiger partial charge in [-0.1, -0.05) is 30.3 Å². The summed E-state index contributed by atoms with van der Waals surface area (Å²) in [6.45, 7) is 3.60. The van der Waals surface area contributed by atoms with Crippen LogP contribution in [0.4, 0.5) is 0 Å². The predicted molar refractivity (Wildman–Crippen MR) is 84.1 cm³/mol. The highest BCUT2D eigenvalue weighted by Gasteiger charge is 2.26. The molecule has 0 saturated carbocycles. The second-order valence-electron chi connectivity index (χ2n) is 5.34. The summed E-state index contributed by atoms with van der Waals surface area (Å²) in [5, 5.41) is 0. The number of nitrogens with one attached hydrogen (secondary N) is 1. The lowest BCUT2D eigenvalue weighted by atomic mass is 10.2. The molecule has 1 amide bonds. The Bertz CT molecular complexity index is 664. The molecule has 5 heteroatoms. The number of amides is 1. The Morgan fingerprint density at radius 2 is 2.23 bits per heavy atom. The molecular formula is C17H19N3O2. The molecule has 1 aromatic heterocycles. The largest absolute Gasteiger partial charge is 0.367 e. The SMILES string of the molecule is Cc1cnc(C2CN(C(=O)/C=C/c3ccccc3)CCO2)[nH]1. The number of aromatic nitrogens is 2. The predicted octanol–water partition coefficient (Wildman–Crippen LogP) is 2.33. The highest BCUT2D eigenvalue weighted by Crippen LogP contribution is 2.20. The van der Waals surface area contributed by atoms with E-state index in [9.17, 15) is 4.79 Å². The van der Waals surface area contributed by atoms with Crippen LogP contribution >= 0.6 is 0 Å². The molecule has 1 aromatic carbocycles. The standard InChI is InChI=1S/C17H19N3O2/c1-13-11-18-17(19-13)15-12-20(9-10-22-15)16(21)8-7-14-5-3-2-4-6-14/h2-8,11,15H,9-10,12H2,1H3,(H,18,19)/b8-7+. The molecule has 2 heterocycles. The maximum Gasteiger partial charge on any atom is 0.246 e. The Morgan fingerprint density at radius 1 is 1.41 bits per heavy atom. The quantitative estimate of drug-likeness (QED) is 0.885. The van der Waals surface area contributed by atoms with E-state index in [4.69, 9.17) is 4.74 Å². The average molecular weight is 297 g/mol. The fourth-order valence-electron chi connectivity index (χ4n) is 2.45. The van der Waals surface area contributed by atoms with Gasteiger partial charge in [-0.2, -0.15) is 0 Å². The van der Waals surface area contributed by atoms with Gasteiger partial charge in [0.05, 0.1) is 13.2 Å². The van der Waals surface area contributed by atoms with E-state index in [2.05, 4.69) is 9.97 Å². The van der Waals surface area contributed by atoms with E-state index in [0.717, 1.165) is 17.1 Å². The van der Waals surface area contributed by atoms with Crippen molar-refractivity contribution in [3.63, 3.8) is 0 Å². The van der Waals surface area contributed by atoms with Gasteiger partial charge < -0.3 is 14.6 Å². The maximum absolute atomic E-state index is 12.3. The number of hydrogen-bond acceptors (Lipinski definition) is 3. The number of hydrogen-bond donors (Lipinski definition) is 1. The van der Waals surface area contributed by atoms with Crippen molar-refractivity contribution in [1.29, 1.82) is 0 Å². The van der Waals surface area contributed by atoms with Crippen LogP contribution in [0.1, 0.15) is 23.2 Å². The van der Waals surface area contributed by atoms with Crippen LogP contribution in [-0.2, 0) is 9.53 Å². The first-order valence-electron chi connectivity index (χ1n) is 7.37. The van der Waals surface area contributed by atoms with Crippen LogP contribution in [0, 0.1) is 6.92 Å². The number of carbonyl (C=O) groups excluding carboxylic acids is 1. The molecule has 1 aliphatic heterocycles. The monoisotopic (exact) mass is 297 g/mol. The molecule has 1 saturated heterocycles. The summed E-state index contributed by atoms with van der Waals surface area (Å²) in [7, 11) is 0. The first-order chi connectivity index (χ1) is 10.7. The summed E-state index contributed by atoms with van der Waals surface area (Å²) >= 11 is 0. The van der Waals surface area contributed by atoms with Crippen molar-refractivity contribution in [3.8, 4) is 0 Å². The molecule has 2 aromatic rings. The minimum Gasteiger partial charge on any atom is -0.367 e. The number of benzene rings is 1. The Morgan fingerprint density at radius 3 is 2.95 bits per heavy atom. The second-order valence-corrected chi connectivity index (χ2v) is 5.34. The van der Waals surface area contributed by atoms with Crippen LogP contribution < -0.4 is 0 Å². The Labute approximate surface area is 129 Å². The van der Waals surface area contributed by atoms with Crippen molar-refractivity contribution >= 4 is 12.0 Å². The van der Waals surface area contributed by atoms with Crippen molar-refractivity contribution in [2.75, 3.05) is 19.7 Å². The maximum atomic E-state index is 12.3. The van der Waals surface area contributed by atoms with Crippen molar-refractivity contribution in [1.82, 2.24) is 14.9 Å². The topological polar surface area (TPSA) is 58.2 Å². The van der Waals surface area contributed by atoms with Crippen LogP contribution in [0.15, 0.2) is 42.6 Å². The van der Waals surface area contributed by atoms with E-state index in [1.165, 1.54) is 0 Å². The molecule has 114 valence electrons. The van der Waals surface area contributed by atoms with E-state index < -0.39 is 0 Å². The molecule has 0 bridgehead atoms. The third-order valence-electron chi connectivity index (χ3n) is 3.62. The Hall–Kier alpha value is -2.40. The number of morpholine rings is 1. The van der Waals surface area contributed by atoms with E-state index >= 15 is 0 Å². The lowest BCUT2D eigenvalue weighted by molar-refractivity contribution is -0.133. The molecule has 0 spiro atoms. The molecular weight excluding hydrogens is 278 g/mol. The molecule has 0 radical (unpaired) electrons. The van der Waals surface area contributed by atoms with Gasteiger partial charge in [-0.05, 0) is 18.6 Å². The van der Waals surface area contributed by atoms with Gasteiger partial charge in [0.2, 0.25) is 5.91 Å². The number of aryl methyl sites for hydroxylation is 1. The van der Waals surface area contributed by atoms with Crippen LogP contribution in [0.2, 0.25) is 0 Å². The summed E-state index contributed by atoms with van der Waals surface area (Å²) in [5.41, 5.74) is 2.01. The van der Waals surface area contributed by atoms with E-state index in [-0.39, 0.29) is 12.0 Å². The number of carbonyl (C=O) groups is 1. The van der Waals surface area contributed by atoms with Gasteiger partial charge in [-0.15, -0.1) is 0 Å². The van der Waals surface area contributed by atoms with E-state index in [1.807, 2.05) is 43.3 Å². The number of rotatable bonds is 3. The minimum atomic E-state index is -0.184. The highest BCUT2D eigenvalue weighted by atomic mass is 16.5. The Balaban J connectivity index is 1.64. The summed E-state index contributed by atoms with van der Waals surface area (Å²) in [6, 6.07) is 9.80. The van der Waals surface area contributed by atoms with Gasteiger partial charge in [0.25, 0.3) is 0 Å². The number of H-pyrrole nitrogens is 1. The fourth-order valence-corrected chi connectivity index (χ4v) is 2.45. The van der Waals surface area contributed by atoms with Crippen LogP contribution in [0.5, 0.6) is 0 Å². The third kappa shape index (κ3) is 3.43. The van der Waals surface area contributed by atoms with E-state index in [1.54, 1.807) is 17.2 Å². The molecule has 1 atom stereocenters. The zero-order valence-corrected chi connectivity index (χ0v) is 12.5. The summed E-state index contributed by atoms with van der Waals surface area (Å²) in [4.78, 5) is 21.6. The van der Waals surface area contributed by atoms with E-state index in [0.29, 0.717) is 19.7 Å². The van der Waals surface area contributed by atoms with Crippen molar-refractivity contribution in [2.45, 2.75) is 13.0 Å². The molecule has 0 aliphatic carbocycles. The molecule has 1 fully saturated rings. The zero-order valence-electron chi connectivity index (χ0n) is 12.5. The van der Waals surface area contributed by atoms with Gasteiger partial charge in [0, 0.05) is 24.5 Å². The van der Waals surface area contributed by atoms with Gasteiger partial charge in [-0.25, -0.2) is 4.98 Å². The lowest BCUT2D eigenvalue weighted by Crippen LogP contribution is -2.41. The average Bonchev–Trinajstić information content (AvgIpc) is 3.00. The zero-order chi connectivity index (χ0) is 15.4. The molecule has 3 rings (SSSR count). The van der Waals surface area contributed by atoms with Crippen LogP contribution in [0.3, 0.4) is 0 Å². The number of nitrogens with zero attached hydrogens (tertiary/aromatic N) is 2. The van der Waals surface area contributed by atoms with Gasteiger partial charge in [-0.3, -0.25) is 4.79 Å². The van der Waals surface area contributed by atoms with Gasteiger partial charge in [0.15, 0.2) is 0 Å². The normalized spacial score (nSPS) is 18.8. The van der Waals surface area contributed by atoms with Crippen molar-refractivity contribution in [3.05, 3.63) is 59.7 Å². The minimum absolute atomic E-state index is 0.000399. The molecule has 5 nitrogen and oxygen atoms in total. The van der Waals surface area contributed by atoms with Crippen molar-refractivity contribution in [2.24, 2.45) is 0 Å². The van der Waals surface area contributed by atoms with Crippen LogP contribution in [0.25, 0.3) is 6.08 Å². The van der Waals surface area contributed by atoms with Gasteiger partial charge in [0.1, 0.15) is 11.9 Å². The lowest BCUT2D eigenvalue weighted by Gasteiger charge is -2.31. The molecule has 1 unspecified atom stereocenters. The Kier molecular flexibility index (Phi) is 4.34. The first-order valence-corrected chi connectivity index (χ1v) is 7.37. The van der Waals surface area contributed by atoms with Crippen molar-refractivity contribution < 1.29 is 9.53 Å². The summed E-state index contributed by atoms with van der Waals surface area (Å²) in [5.74, 6) is 0.780. The van der Waals surface area contributed by atoms with Gasteiger partial charge >= 0.3 is 0 Å². The smallest absolute Gasteiger partial charge is 0.246 e. The third-order valence-corrected chi connectivity index (χ3v) is 3.62. The molecule has 22 heavy (non-hydrogen) atoms. The number of aromatic amines is 1. The first kappa shape index (κ1) is 14.5. The molecule has 1 aliphatic rings. The highest BCUT2D eigenvalue weighted by molar-refractivity contribution is 5.91. The second kappa shape index (κ2) is 6.58. The summed E-state index contributed by atoms with van der Waals surface area (Å²) < 4.78 is 5.71. The summed E-state index contributed by atoms with van der Waals surface area (Å²) in [6.07, 6.45) is 5.04. The molecule has 1 N–H and O–H groups in total. The number of ether oxygens (including phenoxy) is 1. The number of imidazole rings is 1. The van der Waals surface area contributed by atoms with Crippen LogP contribution in [-0.4, -0.2) is 40.5 Å².